The zero-order valence-corrected chi connectivity index (χ0v) is 36.9. The van der Waals surface area contributed by atoms with Crippen molar-refractivity contribution in [2.24, 2.45) is 11.3 Å². The van der Waals surface area contributed by atoms with Crippen LogP contribution in [0.1, 0.15) is 153 Å². The quantitative estimate of drug-likeness (QED) is 0.0548. The maximum atomic E-state index is 13.8. The number of piperidine rings is 1. The van der Waals surface area contributed by atoms with E-state index < -0.39 is 41.2 Å². The minimum atomic E-state index is -1.17. The molecule has 2 aromatic rings. The predicted octanol–water partition coefficient (Wildman–Crippen LogP) is 8.04. The Morgan fingerprint density at radius 1 is 1.05 bits per heavy atom. The average molecular weight is 822 g/mol. The number of nitrogens with one attached hydrogen (secondary N) is 1. The number of hydrogen-bond donors (Lipinski definition) is 4. The number of ether oxygens (including phenoxy) is 1. The molecule has 1 aliphatic heterocycles. The van der Waals surface area contributed by atoms with Crippen molar-refractivity contribution >= 4 is 40.8 Å². The highest BCUT2D eigenvalue weighted by atomic mass is 32.1. The molecule has 1 fully saturated rings. The molecule has 1 saturated heterocycles. The van der Waals surface area contributed by atoms with Crippen LogP contribution in [0.2, 0.25) is 0 Å². The molecule has 1 aromatic carbocycles. The molecule has 14 heteroatoms. The summed E-state index contributed by atoms with van der Waals surface area (Å²) in [6.45, 7) is 16.0. The van der Waals surface area contributed by atoms with Crippen molar-refractivity contribution in [1.29, 1.82) is 0 Å². The molecule has 324 valence electrons. The molecule has 57 heavy (non-hydrogen) atoms. The van der Waals surface area contributed by atoms with Crippen LogP contribution in [0.15, 0.2) is 23.6 Å². The summed E-state index contributed by atoms with van der Waals surface area (Å²) in [5.74, 6) is -2.44. The van der Waals surface area contributed by atoms with Crippen LogP contribution in [-0.2, 0) is 25.5 Å². The summed E-state index contributed by atoms with van der Waals surface area (Å²) in [7, 11) is 3.19. The largest absolute Gasteiger partial charge is 0.481 e. The number of carboxylic acid groups (broad SMARTS) is 1. The second kappa shape index (κ2) is 27.1. The van der Waals surface area contributed by atoms with E-state index in [1.807, 2.05) is 4.90 Å². The molecule has 2 amide bonds. The lowest BCUT2D eigenvalue weighted by Crippen LogP contribution is -2.45. The third kappa shape index (κ3) is 19.1. The molecule has 3 atom stereocenters. The van der Waals surface area contributed by atoms with E-state index >= 15 is 0 Å². The SMILES string of the molecule is CCCCCCN(C(=O)CCCC)C(CC(OC(C)=O)c1nc(C(=O)NC(Cc2ccc(F)c(N)c2)CC(C)(C)C(=O)O)cs1)C(C)C.CN1CCCCC1.CO. The lowest BCUT2D eigenvalue weighted by molar-refractivity contribution is -0.149. The fourth-order valence-corrected chi connectivity index (χ4v) is 7.61. The number of aromatic nitrogens is 1. The Kier molecular flexibility index (Phi) is 24.5. The maximum Gasteiger partial charge on any atom is 0.309 e. The van der Waals surface area contributed by atoms with Crippen LogP contribution in [0.25, 0.3) is 0 Å². The number of halogens is 1. The van der Waals surface area contributed by atoms with Gasteiger partial charge in [-0.15, -0.1) is 11.3 Å². The first kappa shape index (κ1) is 51.4. The van der Waals surface area contributed by atoms with E-state index in [4.69, 9.17) is 15.6 Å². The Morgan fingerprint density at radius 2 is 1.70 bits per heavy atom. The van der Waals surface area contributed by atoms with Gasteiger partial charge in [-0.3, -0.25) is 19.2 Å². The van der Waals surface area contributed by atoms with E-state index in [-0.39, 0.29) is 42.1 Å². The standard InChI is InChI=1S/C36H55FN4O6S.C6H13N.CH4O/c1-8-10-12-13-17-41(32(43)14-11-9-2)30(23(3)4)20-31(47-24(5)42)34-40-29(22-48-34)33(44)39-26(21-36(6,7)35(45)46)18-25-15-16-27(37)28(38)19-25;1-7-5-3-2-4-6-7;1-2/h15-16,19,22-23,26,30-31H,8-14,17-18,20-21,38H2,1-7H3,(H,39,44)(H,45,46);2-6H2,1H3;2H,1H3. The molecule has 0 radical (unpaired) electrons. The molecule has 3 unspecified atom stereocenters. The molecule has 5 N–H and O–H groups in total. The smallest absolute Gasteiger partial charge is 0.309 e. The van der Waals surface area contributed by atoms with Crippen molar-refractivity contribution in [3.05, 3.63) is 45.7 Å². The number of carbonyl (C=O) groups is 4. The van der Waals surface area contributed by atoms with E-state index in [1.165, 1.54) is 62.7 Å². The summed E-state index contributed by atoms with van der Waals surface area (Å²) in [5.41, 5.74) is 5.28. The van der Waals surface area contributed by atoms with Gasteiger partial charge in [0.1, 0.15) is 16.5 Å². The van der Waals surface area contributed by atoms with Gasteiger partial charge in [-0.05, 0) is 96.1 Å². The second-order valence-corrected chi connectivity index (χ2v) is 16.8. The number of aliphatic hydroxyl groups is 1. The molecule has 0 bridgehead atoms. The van der Waals surface area contributed by atoms with Crippen molar-refractivity contribution in [2.45, 2.75) is 150 Å². The van der Waals surface area contributed by atoms with Crippen molar-refractivity contribution in [3.8, 4) is 0 Å². The molecule has 0 spiro atoms. The van der Waals surface area contributed by atoms with Gasteiger partial charge in [0.2, 0.25) is 5.91 Å². The number of benzene rings is 1. The lowest BCUT2D eigenvalue weighted by Gasteiger charge is -2.36. The minimum Gasteiger partial charge on any atom is -0.481 e. The Hall–Kier alpha value is -3.62. The Morgan fingerprint density at radius 3 is 2.23 bits per heavy atom. The highest BCUT2D eigenvalue weighted by molar-refractivity contribution is 7.09. The molecular formula is C43H72FN5O7S. The zero-order chi connectivity index (χ0) is 43.1. The topological polar surface area (TPSA) is 175 Å². The molecular weight excluding hydrogens is 750 g/mol. The Balaban J connectivity index is 0.00000160. The zero-order valence-electron chi connectivity index (χ0n) is 36.1. The number of thiazole rings is 1. The number of carbonyl (C=O) groups excluding carboxylic acids is 3. The summed E-state index contributed by atoms with van der Waals surface area (Å²) in [6, 6.07) is 3.41. The third-order valence-corrected chi connectivity index (χ3v) is 11.0. The van der Waals surface area contributed by atoms with Crippen molar-refractivity contribution in [1.82, 2.24) is 20.1 Å². The number of nitrogens with zero attached hydrogens (tertiary/aromatic N) is 3. The van der Waals surface area contributed by atoms with Gasteiger partial charge in [0.05, 0.1) is 11.1 Å². The van der Waals surface area contributed by atoms with E-state index in [2.05, 4.69) is 49.9 Å². The first-order valence-corrected chi connectivity index (χ1v) is 21.5. The highest BCUT2D eigenvalue weighted by Crippen LogP contribution is 2.32. The summed E-state index contributed by atoms with van der Waals surface area (Å²) in [5, 5.41) is 21.7. The lowest BCUT2D eigenvalue weighted by atomic mass is 9.84. The number of anilines is 1. The van der Waals surface area contributed by atoms with E-state index in [9.17, 15) is 28.7 Å². The normalized spacial score (nSPS) is 14.6. The molecule has 0 aliphatic carbocycles. The summed E-state index contributed by atoms with van der Waals surface area (Å²) >= 11 is 1.19. The van der Waals surface area contributed by atoms with Gasteiger partial charge in [0, 0.05) is 50.9 Å². The van der Waals surface area contributed by atoms with Crippen molar-refractivity contribution < 1.29 is 38.5 Å². The number of rotatable bonds is 21. The molecule has 12 nitrogen and oxygen atoms in total. The predicted molar refractivity (Wildman–Crippen MR) is 227 cm³/mol. The van der Waals surface area contributed by atoms with Gasteiger partial charge >= 0.3 is 11.9 Å². The third-order valence-electron chi connectivity index (χ3n) is 10.1. The molecule has 1 aromatic heterocycles. The van der Waals surface area contributed by atoms with Crippen LogP contribution in [0.4, 0.5) is 10.1 Å². The number of hydrogen-bond acceptors (Lipinski definition) is 10. The van der Waals surface area contributed by atoms with Crippen LogP contribution in [0, 0.1) is 17.2 Å². The molecule has 1 aliphatic rings. The maximum absolute atomic E-state index is 13.8. The molecule has 3 rings (SSSR count). The average Bonchev–Trinajstić information content (AvgIpc) is 3.66. The number of unbranched alkanes of at least 4 members (excludes halogenated alkanes) is 4. The molecule has 0 saturated carbocycles. The van der Waals surface area contributed by atoms with Gasteiger partial charge in [0.15, 0.2) is 6.10 Å². The van der Waals surface area contributed by atoms with Crippen LogP contribution < -0.4 is 11.1 Å². The van der Waals surface area contributed by atoms with Crippen molar-refractivity contribution in [3.63, 3.8) is 0 Å². The van der Waals surface area contributed by atoms with E-state index in [0.29, 0.717) is 30.0 Å². The van der Waals surface area contributed by atoms with Gasteiger partial charge in [-0.1, -0.05) is 65.9 Å². The number of nitrogen functional groups attached to an aromatic ring is 1. The number of nitrogens with two attached hydrogens (primary N) is 1. The summed E-state index contributed by atoms with van der Waals surface area (Å²) < 4.78 is 19.6. The second-order valence-electron chi connectivity index (χ2n) is 16.0. The summed E-state index contributed by atoms with van der Waals surface area (Å²) in [4.78, 5) is 60.1. The van der Waals surface area contributed by atoms with Gasteiger partial charge < -0.3 is 35.8 Å². The van der Waals surface area contributed by atoms with Crippen LogP contribution >= 0.6 is 11.3 Å². The number of aliphatic hydroxyl groups excluding tert-OH is 1. The van der Waals surface area contributed by atoms with Crippen LogP contribution in [0.3, 0.4) is 0 Å². The fraction of sp³-hybridized carbons (Fsp3) is 0.698. The van der Waals surface area contributed by atoms with Crippen LogP contribution in [0.5, 0.6) is 0 Å². The molecule has 2 heterocycles. The van der Waals surface area contributed by atoms with E-state index in [1.54, 1.807) is 25.3 Å². The number of esters is 1. The summed E-state index contributed by atoms with van der Waals surface area (Å²) in [6.07, 6.45) is 10.4. The Bertz CT molecular complexity index is 1500. The number of aliphatic carboxylic acids is 1. The number of amides is 2. The highest BCUT2D eigenvalue weighted by Gasteiger charge is 2.34. The van der Waals surface area contributed by atoms with Gasteiger partial charge in [-0.2, -0.15) is 0 Å². The number of carboxylic acids is 1. The number of likely N-dealkylation sites (tertiary alicyclic amines) is 1. The fourth-order valence-electron chi connectivity index (χ4n) is 6.77. The van der Waals surface area contributed by atoms with Crippen molar-refractivity contribution in [2.75, 3.05) is 39.5 Å². The van der Waals surface area contributed by atoms with E-state index in [0.717, 1.165) is 45.6 Å². The first-order chi connectivity index (χ1) is 27.0. The van der Waals surface area contributed by atoms with Crippen LogP contribution in [-0.4, -0.2) is 94.6 Å². The monoisotopic (exact) mass is 822 g/mol. The van der Waals surface area contributed by atoms with Gasteiger partial charge in [0.25, 0.3) is 5.91 Å². The van der Waals surface area contributed by atoms with Gasteiger partial charge in [-0.25, -0.2) is 9.37 Å². The Labute approximate surface area is 345 Å². The first-order valence-electron chi connectivity index (χ1n) is 20.6. The minimum absolute atomic E-state index is 0.0398.